The lowest BCUT2D eigenvalue weighted by Crippen LogP contribution is -2.01. The Morgan fingerprint density at radius 2 is 1.86 bits per heavy atom. The minimum Gasteiger partial charge on any atom is -0.478 e. The van der Waals surface area contributed by atoms with E-state index in [9.17, 15) is 4.79 Å². The topological polar surface area (TPSA) is 37.3 Å². The third-order valence-electron chi connectivity index (χ3n) is 1.82. The molecule has 0 fully saturated rings. The van der Waals surface area contributed by atoms with Gasteiger partial charge >= 0.3 is 5.97 Å². The minimum absolute atomic E-state index is 0.237. The van der Waals surface area contributed by atoms with Gasteiger partial charge in [0, 0.05) is 0 Å². The Morgan fingerprint density at radius 3 is 2.29 bits per heavy atom. The van der Waals surface area contributed by atoms with Crippen LogP contribution < -0.4 is 0 Å². The summed E-state index contributed by atoms with van der Waals surface area (Å²) < 4.78 is 0. The van der Waals surface area contributed by atoms with Crippen LogP contribution in [0.25, 0.3) is 5.57 Å². The lowest BCUT2D eigenvalue weighted by Gasteiger charge is -2.04. The van der Waals surface area contributed by atoms with Crippen LogP contribution >= 0.6 is 0 Å². The van der Waals surface area contributed by atoms with Crippen molar-refractivity contribution in [3.05, 3.63) is 42.0 Å². The third-order valence-corrected chi connectivity index (χ3v) is 1.82. The fourth-order valence-corrected chi connectivity index (χ4v) is 1.24. The molecule has 0 aliphatic heterocycles. The van der Waals surface area contributed by atoms with Crippen LogP contribution in [0.15, 0.2) is 36.4 Å². The number of carboxylic acid groups (broad SMARTS) is 1. The predicted octanol–water partition coefficient (Wildman–Crippen LogP) is 2.81. The monoisotopic (exact) mass is 190 g/mol. The maximum Gasteiger partial charge on any atom is 0.335 e. The van der Waals surface area contributed by atoms with Gasteiger partial charge in [-0.25, -0.2) is 4.79 Å². The van der Waals surface area contributed by atoms with Crippen LogP contribution in [0, 0.1) is 5.92 Å². The van der Waals surface area contributed by atoms with Gasteiger partial charge in [-0.3, -0.25) is 0 Å². The molecule has 0 saturated heterocycles. The highest BCUT2D eigenvalue weighted by Crippen LogP contribution is 2.16. The molecule has 0 radical (unpaired) electrons. The molecule has 2 nitrogen and oxygen atoms in total. The first kappa shape index (κ1) is 10.5. The second-order valence-corrected chi connectivity index (χ2v) is 3.50. The average molecular weight is 190 g/mol. The van der Waals surface area contributed by atoms with Crippen molar-refractivity contribution in [3.8, 4) is 0 Å². The van der Waals surface area contributed by atoms with Crippen LogP contribution in [-0.4, -0.2) is 11.1 Å². The summed E-state index contributed by atoms with van der Waals surface area (Å²) in [6.45, 7) is 3.93. The van der Waals surface area contributed by atoms with Gasteiger partial charge < -0.3 is 5.11 Å². The summed E-state index contributed by atoms with van der Waals surface area (Å²) >= 11 is 0. The van der Waals surface area contributed by atoms with Gasteiger partial charge in [0.15, 0.2) is 0 Å². The number of carbonyl (C=O) groups is 1. The van der Waals surface area contributed by atoms with Crippen LogP contribution in [0.4, 0.5) is 0 Å². The van der Waals surface area contributed by atoms with Crippen molar-refractivity contribution < 1.29 is 9.90 Å². The summed E-state index contributed by atoms with van der Waals surface area (Å²) in [5.74, 6) is -0.633. The van der Waals surface area contributed by atoms with Gasteiger partial charge in [0.1, 0.15) is 0 Å². The third kappa shape index (κ3) is 2.73. The second-order valence-electron chi connectivity index (χ2n) is 3.50. The molecule has 1 rings (SSSR count). The first-order chi connectivity index (χ1) is 6.61. The van der Waals surface area contributed by atoms with Gasteiger partial charge in [-0.05, 0) is 11.5 Å². The molecule has 0 aromatic heterocycles. The number of benzene rings is 1. The lowest BCUT2D eigenvalue weighted by atomic mass is 10.0. The summed E-state index contributed by atoms with van der Waals surface area (Å²) in [7, 11) is 0. The molecule has 1 N–H and O–H groups in total. The van der Waals surface area contributed by atoms with Gasteiger partial charge in [0.2, 0.25) is 0 Å². The molecule has 1 aromatic carbocycles. The predicted molar refractivity (Wildman–Crippen MR) is 56.9 cm³/mol. The van der Waals surface area contributed by atoms with E-state index in [1.165, 1.54) is 0 Å². The smallest absolute Gasteiger partial charge is 0.335 e. The van der Waals surface area contributed by atoms with Gasteiger partial charge in [-0.15, -0.1) is 0 Å². The fraction of sp³-hybridized carbons (Fsp3) is 0.250. The van der Waals surface area contributed by atoms with Crippen LogP contribution in [0.3, 0.4) is 0 Å². The van der Waals surface area contributed by atoms with Crippen LogP contribution in [0.2, 0.25) is 0 Å². The van der Waals surface area contributed by atoms with Crippen molar-refractivity contribution in [2.45, 2.75) is 13.8 Å². The van der Waals surface area contributed by atoms with E-state index in [0.717, 1.165) is 5.56 Å². The van der Waals surface area contributed by atoms with Crippen LogP contribution in [0.1, 0.15) is 19.4 Å². The SMILES string of the molecule is CC(C)C=C(C(=O)O)c1ccccc1. The summed E-state index contributed by atoms with van der Waals surface area (Å²) in [6.07, 6.45) is 1.76. The zero-order valence-electron chi connectivity index (χ0n) is 8.40. The molecular formula is C12H14O2. The largest absolute Gasteiger partial charge is 0.478 e. The Bertz CT molecular complexity index is 337. The normalized spacial score (nSPS) is 11.8. The molecule has 0 saturated carbocycles. The molecular weight excluding hydrogens is 176 g/mol. The Hall–Kier alpha value is -1.57. The Labute approximate surface area is 83.9 Å². The number of hydrogen-bond acceptors (Lipinski definition) is 1. The van der Waals surface area contributed by atoms with Crippen molar-refractivity contribution in [2.75, 3.05) is 0 Å². The summed E-state index contributed by atoms with van der Waals surface area (Å²) in [4.78, 5) is 11.0. The van der Waals surface area contributed by atoms with E-state index < -0.39 is 5.97 Å². The number of carboxylic acids is 1. The summed E-state index contributed by atoms with van der Waals surface area (Å²) in [6, 6.07) is 9.17. The Morgan fingerprint density at radius 1 is 1.29 bits per heavy atom. The van der Waals surface area contributed by atoms with E-state index in [4.69, 9.17) is 5.11 Å². The molecule has 0 amide bonds. The first-order valence-corrected chi connectivity index (χ1v) is 4.62. The molecule has 2 heteroatoms. The van der Waals surface area contributed by atoms with Crippen LogP contribution in [-0.2, 0) is 4.79 Å². The number of allylic oxidation sites excluding steroid dienone is 1. The van der Waals surface area contributed by atoms with Gasteiger partial charge in [0.25, 0.3) is 0 Å². The summed E-state index contributed by atoms with van der Waals surface area (Å²) in [5, 5.41) is 9.01. The molecule has 0 atom stereocenters. The standard InChI is InChI=1S/C12H14O2/c1-9(2)8-11(12(13)14)10-6-4-3-5-7-10/h3-9H,1-2H3,(H,13,14). The van der Waals surface area contributed by atoms with Gasteiger partial charge in [-0.2, -0.15) is 0 Å². The van der Waals surface area contributed by atoms with Gasteiger partial charge in [-0.1, -0.05) is 50.3 Å². The molecule has 14 heavy (non-hydrogen) atoms. The van der Waals surface area contributed by atoms with E-state index in [-0.39, 0.29) is 5.92 Å². The second kappa shape index (κ2) is 4.61. The maximum absolute atomic E-state index is 11.0. The summed E-state index contributed by atoms with van der Waals surface area (Å²) in [5.41, 5.74) is 1.13. The Kier molecular flexibility index (Phi) is 3.46. The van der Waals surface area contributed by atoms with Crippen molar-refractivity contribution in [3.63, 3.8) is 0 Å². The lowest BCUT2D eigenvalue weighted by molar-refractivity contribution is -0.130. The number of hydrogen-bond donors (Lipinski definition) is 1. The van der Waals surface area contributed by atoms with Crippen molar-refractivity contribution in [2.24, 2.45) is 5.92 Å². The zero-order chi connectivity index (χ0) is 10.6. The maximum atomic E-state index is 11.0. The molecule has 0 spiro atoms. The molecule has 0 unspecified atom stereocenters. The van der Waals surface area contributed by atoms with E-state index in [1.807, 2.05) is 44.2 Å². The highest BCUT2D eigenvalue weighted by atomic mass is 16.4. The number of rotatable bonds is 3. The van der Waals surface area contributed by atoms with E-state index in [2.05, 4.69) is 0 Å². The Balaban J connectivity index is 3.08. The van der Waals surface area contributed by atoms with Crippen LogP contribution in [0.5, 0.6) is 0 Å². The molecule has 1 aromatic rings. The van der Waals surface area contributed by atoms with Crippen molar-refractivity contribution in [1.82, 2.24) is 0 Å². The minimum atomic E-state index is -0.870. The molecule has 74 valence electrons. The molecule has 0 aliphatic carbocycles. The quantitative estimate of drug-likeness (QED) is 0.744. The van der Waals surface area contributed by atoms with E-state index in [0.29, 0.717) is 5.57 Å². The molecule has 0 aliphatic rings. The highest BCUT2D eigenvalue weighted by Gasteiger charge is 2.09. The number of aliphatic carboxylic acids is 1. The fourth-order valence-electron chi connectivity index (χ4n) is 1.24. The molecule has 0 heterocycles. The van der Waals surface area contributed by atoms with Gasteiger partial charge in [0.05, 0.1) is 5.57 Å². The first-order valence-electron chi connectivity index (χ1n) is 4.62. The van der Waals surface area contributed by atoms with Crippen molar-refractivity contribution in [1.29, 1.82) is 0 Å². The zero-order valence-corrected chi connectivity index (χ0v) is 8.40. The molecule has 0 bridgehead atoms. The van der Waals surface area contributed by atoms with E-state index in [1.54, 1.807) is 6.08 Å². The average Bonchev–Trinajstić information content (AvgIpc) is 2.15. The van der Waals surface area contributed by atoms with E-state index >= 15 is 0 Å². The van der Waals surface area contributed by atoms with Crippen molar-refractivity contribution >= 4 is 11.5 Å². The highest BCUT2D eigenvalue weighted by molar-refractivity contribution is 6.15.